The minimum atomic E-state index is -0.269. The first-order valence-corrected chi connectivity index (χ1v) is 11.0. The number of rotatable bonds is 4. The molecule has 2 aromatic carbocycles. The minimum Gasteiger partial charge on any atom is -0.315 e. The minimum absolute atomic E-state index is 0.0326. The molecule has 0 N–H and O–H groups in total. The smallest absolute Gasteiger partial charge is 0.259 e. The topological polar surface area (TPSA) is 39.2 Å². The summed E-state index contributed by atoms with van der Waals surface area (Å²) in [6.45, 7) is 6.56. The van der Waals surface area contributed by atoms with Crippen LogP contribution < -0.4 is 0 Å². The first kappa shape index (κ1) is 19.9. The van der Waals surface area contributed by atoms with Crippen LogP contribution in [-0.2, 0) is 17.9 Å². The van der Waals surface area contributed by atoms with E-state index < -0.39 is 0 Å². The van der Waals surface area contributed by atoms with Crippen molar-refractivity contribution in [3.8, 4) is 0 Å². The Kier molecular flexibility index (Phi) is 5.32. The van der Waals surface area contributed by atoms with Crippen LogP contribution in [0.4, 0.5) is 4.39 Å². The third kappa shape index (κ3) is 4.00. The molecule has 0 atom stereocenters. The molecule has 0 unspecified atom stereocenters. The molecule has 0 radical (unpaired) electrons. The van der Waals surface area contributed by atoms with E-state index in [2.05, 4.69) is 41.0 Å². The zero-order chi connectivity index (χ0) is 21.4. The summed E-state index contributed by atoms with van der Waals surface area (Å²) in [6.07, 6.45) is 1.85. The molecule has 0 aliphatic carbocycles. The number of nitrogens with zero attached hydrogens (tertiary/aromatic N) is 4. The third-order valence-corrected chi connectivity index (χ3v) is 6.24. The number of hydrogen-bond acceptors (Lipinski definition) is 4. The summed E-state index contributed by atoms with van der Waals surface area (Å²) >= 11 is 0. The van der Waals surface area contributed by atoms with Gasteiger partial charge in [-0.3, -0.25) is 19.6 Å². The number of halogens is 1. The molecule has 1 amide bonds. The molecule has 3 aliphatic rings. The quantitative estimate of drug-likeness (QED) is 0.760. The molecule has 0 fully saturated rings. The van der Waals surface area contributed by atoms with Crippen LogP contribution in [0.25, 0.3) is 0 Å². The molecular weight excluding hydrogens is 391 g/mol. The standard InChI is InChI=1S/C25H27FN4O/c1-18-4-2-5-20(14-18)15-28-13-10-23-22(17-28)24(31)30(25-27-11-3-12-29(23)25)16-19-6-8-21(26)9-7-19/h2,4-9,14H,3,10-13,15-17H2,1H3. The maximum atomic E-state index is 13.6. The molecule has 3 heterocycles. The third-order valence-electron chi connectivity index (χ3n) is 6.24. The fraction of sp³-hybridized carbons (Fsp3) is 0.360. The lowest BCUT2D eigenvalue weighted by atomic mass is 9.99. The predicted octanol–water partition coefficient (Wildman–Crippen LogP) is 3.70. The van der Waals surface area contributed by atoms with Gasteiger partial charge in [-0.15, -0.1) is 0 Å². The van der Waals surface area contributed by atoms with Gasteiger partial charge in [0.2, 0.25) is 5.96 Å². The Balaban J connectivity index is 1.42. The van der Waals surface area contributed by atoms with E-state index in [1.165, 1.54) is 23.3 Å². The Morgan fingerprint density at radius 1 is 1.03 bits per heavy atom. The van der Waals surface area contributed by atoms with Gasteiger partial charge in [0, 0.05) is 44.8 Å². The Morgan fingerprint density at radius 2 is 1.87 bits per heavy atom. The van der Waals surface area contributed by atoms with Crippen LogP contribution in [0, 0.1) is 12.7 Å². The van der Waals surface area contributed by atoms with Crippen LogP contribution in [0.2, 0.25) is 0 Å². The van der Waals surface area contributed by atoms with Gasteiger partial charge in [-0.05, 0) is 36.6 Å². The molecule has 0 saturated heterocycles. The van der Waals surface area contributed by atoms with Crippen LogP contribution in [0.1, 0.15) is 29.5 Å². The second kappa shape index (κ2) is 8.27. The zero-order valence-electron chi connectivity index (χ0n) is 17.9. The van der Waals surface area contributed by atoms with Crippen molar-refractivity contribution < 1.29 is 9.18 Å². The summed E-state index contributed by atoms with van der Waals surface area (Å²) in [6, 6.07) is 14.9. The molecule has 3 aliphatic heterocycles. The fourth-order valence-electron chi connectivity index (χ4n) is 4.75. The first-order valence-electron chi connectivity index (χ1n) is 11.0. The Morgan fingerprint density at radius 3 is 2.68 bits per heavy atom. The number of amides is 1. The molecule has 0 aromatic heterocycles. The van der Waals surface area contributed by atoms with Crippen molar-refractivity contribution >= 4 is 11.9 Å². The van der Waals surface area contributed by atoms with Gasteiger partial charge in [-0.2, -0.15) is 0 Å². The van der Waals surface area contributed by atoms with E-state index in [9.17, 15) is 9.18 Å². The van der Waals surface area contributed by atoms with Gasteiger partial charge in [-0.1, -0.05) is 42.0 Å². The highest BCUT2D eigenvalue weighted by atomic mass is 19.1. The number of fused-ring (bicyclic) bond motifs is 2. The van der Waals surface area contributed by atoms with E-state index in [0.717, 1.165) is 61.8 Å². The lowest BCUT2D eigenvalue weighted by Crippen LogP contribution is -2.56. The van der Waals surface area contributed by atoms with E-state index in [-0.39, 0.29) is 11.7 Å². The summed E-state index contributed by atoms with van der Waals surface area (Å²) in [5.74, 6) is 0.519. The molecule has 5 nitrogen and oxygen atoms in total. The highest BCUT2D eigenvalue weighted by molar-refractivity contribution is 6.09. The van der Waals surface area contributed by atoms with E-state index >= 15 is 0 Å². The SMILES string of the molecule is Cc1cccc(CN2CCC3=C(C2)C(=O)N(Cc2ccc(F)cc2)C2=NCCCN23)c1. The van der Waals surface area contributed by atoms with Gasteiger partial charge in [0.15, 0.2) is 0 Å². The van der Waals surface area contributed by atoms with Crippen molar-refractivity contribution in [3.63, 3.8) is 0 Å². The van der Waals surface area contributed by atoms with Crippen molar-refractivity contribution in [1.82, 2.24) is 14.7 Å². The van der Waals surface area contributed by atoms with Crippen molar-refractivity contribution in [2.24, 2.45) is 4.99 Å². The van der Waals surface area contributed by atoms with Crippen molar-refractivity contribution in [2.75, 3.05) is 26.2 Å². The van der Waals surface area contributed by atoms with Gasteiger partial charge in [0.1, 0.15) is 5.82 Å². The number of guanidine groups is 1. The van der Waals surface area contributed by atoms with Crippen LogP contribution in [0.15, 0.2) is 64.8 Å². The average Bonchev–Trinajstić information content (AvgIpc) is 2.78. The van der Waals surface area contributed by atoms with Gasteiger partial charge in [0.25, 0.3) is 5.91 Å². The Bertz CT molecular complexity index is 1060. The fourth-order valence-corrected chi connectivity index (χ4v) is 4.75. The summed E-state index contributed by atoms with van der Waals surface area (Å²) in [7, 11) is 0. The molecule has 31 heavy (non-hydrogen) atoms. The predicted molar refractivity (Wildman–Crippen MR) is 119 cm³/mol. The van der Waals surface area contributed by atoms with Crippen molar-refractivity contribution in [1.29, 1.82) is 0 Å². The molecule has 5 rings (SSSR count). The molecule has 2 aromatic rings. The largest absolute Gasteiger partial charge is 0.315 e. The normalized spacial score (nSPS) is 19.3. The molecular formula is C25H27FN4O. The second-order valence-corrected chi connectivity index (χ2v) is 8.58. The maximum absolute atomic E-state index is 13.6. The number of aliphatic imine (C=N–C) groups is 1. The van der Waals surface area contributed by atoms with Gasteiger partial charge in [-0.25, -0.2) is 4.39 Å². The monoisotopic (exact) mass is 418 g/mol. The van der Waals surface area contributed by atoms with Gasteiger partial charge < -0.3 is 4.90 Å². The summed E-state index contributed by atoms with van der Waals surface area (Å²) in [5, 5.41) is 0. The summed E-state index contributed by atoms with van der Waals surface area (Å²) in [4.78, 5) is 24.7. The van der Waals surface area contributed by atoms with Crippen LogP contribution in [0.3, 0.4) is 0 Å². The molecule has 0 bridgehead atoms. The van der Waals surface area contributed by atoms with Crippen LogP contribution in [-0.4, -0.2) is 52.7 Å². The molecule has 160 valence electrons. The van der Waals surface area contributed by atoms with Crippen molar-refractivity contribution in [3.05, 3.63) is 82.3 Å². The lowest BCUT2D eigenvalue weighted by molar-refractivity contribution is -0.125. The Hall–Kier alpha value is -2.99. The highest BCUT2D eigenvalue weighted by Gasteiger charge is 2.40. The number of carbonyl (C=O) groups excluding carboxylic acids is 1. The molecule has 6 heteroatoms. The molecule has 0 spiro atoms. The van der Waals surface area contributed by atoms with Crippen LogP contribution >= 0.6 is 0 Å². The zero-order valence-corrected chi connectivity index (χ0v) is 17.9. The van der Waals surface area contributed by atoms with E-state index in [1.807, 2.05) is 0 Å². The van der Waals surface area contributed by atoms with Gasteiger partial charge in [0.05, 0.1) is 12.1 Å². The number of benzene rings is 2. The summed E-state index contributed by atoms with van der Waals surface area (Å²) < 4.78 is 13.4. The summed E-state index contributed by atoms with van der Waals surface area (Å²) in [5.41, 5.74) is 5.44. The number of hydrogen-bond donors (Lipinski definition) is 0. The van der Waals surface area contributed by atoms with E-state index in [4.69, 9.17) is 4.99 Å². The van der Waals surface area contributed by atoms with E-state index in [1.54, 1.807) is 17.0 Å². The highest BCUT2D eigenvalue weighted by Crippen LogP contribution is 2.32. The number of carbonyl (C=O) groups is 1. The average molecular weight is 419 g/mol. The first-order chi connectivity index (χ1) is 15.1. The van der Waals surface area contributed by atoms with E-state index in [0.29, 0.717) is 13.1 Å². The number of aryl methyl sites for hydroxylation is 1. The maximum Gasteiger partial charge on any atom is 0.259 e. The lowest BCUT2D eigenvalue weighted by Gasteiger charge is -2.45. The van der Waals surface area contributed by atoms with Crippen molar-refractivity contribution in [2.45, 2.75) is 32.9 Å². The van der Waals surface area contributed by atoms with Crippen LogP contribution in [0.5, 0.6) is 0 Å². The Labute approximate surface area is 182 Å². The molecule has 0 saturated carbocycles. The van der Waals surface area contributed by atoms with Gasteiger partial charge >= 0.3 is 0 Å². The second-order valence-electron chi connectivity index (χ2n) is 8.58.